The fourth-order valence-corrected chi connectivity index (χ4v) is 5.19. The Bertz CT molecular complexity index is 1450. The number of hydrogen-bond acceptors (Lipinski definition) is 4. The van der Waals surface area contributed by atoms with Crippen LogP contribution >= 0.6 is 15.9 Å². The second kappa shape index (κ2) is 10.3. The first-order valence-corrected chi connectivity index (χ1v) is 13.3. The summed E-state index contributed by atoms with van der Waals surface area (Å²) in [5.41, 5.74) is 1.45. The Balaban J connectivity index is 1.69. The van der Waals surface area contributed by atoms with Crippen LogP contribution in [0.4, 0.5) is 0 Å². The second-order valence-corrected chi connectivity index (χ2v) is 10.3. The average Bonchev–Trinajstić information content (AvgIpc) is 2.89. The summed E-state index contributed by atoms with van der Waals surface area (Å²) in [4.78, 5) is 18.7. The van der Waals surface area contributed by atoms with Crippen LogP contribution in [0.15, 0.2) is 69.0 Å². The van der Waals surface area contributed by atoms with Crippen LogP contribution in [-0.2, 0) is 0 Å². The molecular weight excluding hydrogens is 502 g/mol. The van der Waals surface area contributed by atoms with Gasteiger partial charge < -0.3 is 4.74 Å². The van der Waals surface area contributed by atoms with E-state index in [-0.39, 0.29) is 17.6 Å². The first-order valence-electron chi connectivity index (χ1n) is 12.5. The molecular formula is C29H30BrN3O2. The predicted octanol–water partition coefficient (Wildman–Crippen LogP) is 7.42. The van der Waals surface area contributed by atoms with Crippen LogP contribution in [0.25, 0.3) is 21.7 Å². The first-order chi connectivity index (χ1) is 17.0. The molecule has 0 saturated heterocycles. The monoisotopic (exact) mass is 531 g/mol. The Kier molecular flexibility index (Phi) is 7.00. The zero-order chi connectivity index (χ0) is 24.4. The lowest BCUT2D eigenvalue weighted by atomic mass is 9.88. The van der Waals surface area contributed by atoms with Gasteiger partial charge in [-0.2, -0.15) is 9.78 Å². The van der Waals surface area contributed by atoms with Crippen molar-refractivity contribution in [1.29, 1.82) is 0 Å². The number of aromatic nitrogens is 2. The van der Waals surface area contributed by atoms with E-state index in [9.17, 15) is 4.79 Å². The molecule has 1 atom stereocenters. The number of fused-ring (bicyclic) bond motifs is 2. The van der Waals surface area contributed by atoms with Crippen molar-refractivity contribution in [3.05, 3.63) is 80.8 Å². The van der Waals surface area contributed by atoms with Crippen LogP contribution < -0.4 is 10.3 Å². The summed E-state index contributed by atoms with van der Waals surface area (Å²) in [5.74, 6) is 1.75. The van der Waals surface area contributed by atoms with E-state index in [2.05, 4.69) is 48.0 Å². The van der Waals surface area contributed by atoms with Gasteiger partial charge in [-0.05, 0) is 61.2 Å². The van der Waals surface area contributed by atoms with Gasteiger partial charge in [-0.1, -0.05) is 72.4 Å². The Morgan fingerprint density at radius 1 is 1.11 bits per heavy atom. The van der Waals surface area contributed by atoms with Gasteiger partial charge in [0.15, 0.2) is 0 Å². The van der Waals surface area contributed by atoms with Gasteiger partial charge in [0.1, 0.15) is 11.6 Å². The second-order valence-electron chi connectivity index (χ2n) is 9.36. The van der Waals surface area contributed by atoms with Gasteiger partial charge >= 0.3 is 0 Å². The highest BCUT2D eigenvalue weighted by molar-refractivity contribution is 9.10. The van der Waals surface area contributed by atoms with Gasteiger partial charge in [0.05, 0.1) is 23.2 Å². The molecule has 1 aliphatic rings. The highest BCUT2D eigenvalue weighted by atomic mass is 79.9. The smallest absolute Gasteiger partial charge is 0.282 e. The summed E-state index contributed by atoms with van der Waals surface area (Å²) in [6, 6.07) is 17.9. The molecule has 0 aliphatic heterocycles. The fraction of sp³-hybridized carbons (Fsp3) is 0.345. The number of halogens is 1. The van der Waals surface area contributed by atoms with E-state index in [1.165, 1.54) is 11.1 Å². The highest BCUT2D eigenvalue weighted by Crippen LogP contribution is 2.32. The minimum atomic E-state index is -0.141. The molecule has 0 radical (unpaired) electrons. The van der Waals surface area contributed by atoms with Crippen LogP contribution in [0.3, 0.4) is 0 Å². The van der Waals surface area contributed by atoms with Crippen LogP contribution in [-0.4, -0.2) is 22.0 Å². The predicted molar refractivity (Wildman–Crippen MR) is 147 cm³/mol. The third-order valence-corrected chi connectivity index (χ3v) is 7.43. The minimum absolute atomic E-state index is 0.0727. The maximum Gasteiger partial charge on any atom is 0.282 e. The normalized spacial score (nSPS) is 15.7. The molecule has 5 rings (SSSR count). The largest absolute Gasteiger partial charge is 0.490 e. The van der Waals surface area contributed by atoms with Crippen molar-refractivity contribution in [3.8, 4) is 5.75 Å². The number of ether oxygens (including phenoxy) is 1. The summed E-state index contributed by atoms with van der Waals surface area (Å²) >= 11 is 3.50. The van der Waals surface area contributed by atoms with Crippen molar-refractivity contribution in [1.82, 2.24) is 9.66 Å². The molecule has 1 aromatic heterocycles. The minimum Gasteiger partial charge on any atom is -0.490 e. The molecule has 1 fully saturated rings. The molecule has 0 bridgehead atoms. The third kappa shape index (κ3) is 4.90. The summed E-state index contributed by atoms with van der Waals surface area (Å²) in [5, 5.41) is 7.50. The SMILES string of the molecule is CC[C@H](C)Oc1ccc2ccccc2c1C=Nn1c(C2CCCCC2)nc2ccc(Br)cc2c1=O. The van der Waals surface area contributed by atoms with E-state index in [4.69, 9.17) is 14.8 Å². The molecule has 0 unspecified atom stereocenters. The molecule has 0 spiro atoms. The van der Waals surface area contributed by atoms with E-state index < -0.39 is 0 Å². The topological polar surface area (TPSA) is 56.5 Å². The molecule has 5 nitrogen and oxygen atoms in total. The number of benzene rings is 3. The molecule has 35 heavy (non-hydrogen) atoms. The Hall–Kier alpha value is -2.99. The maximum absolute atomic E-state index is 13.7. The Morgan fingerprint density at radius 3 is 2.71 bits per heavy atom. The van der Waals surface area contributed by atoms with Crippen molar-refractivity contribution in [2.24, 2.45) is 5.10 Å². The highest BCUT2D eigenvalue weighted by Gasteiger charge is 2.22. The molecule has 0 amide bonds. The number of hydrogen-bond donors (Lipinski definition) is 0. The van der Waals surface area contributed by atoms with Gasteiger partial charge in [-0.25, -0.2) is 4.98 Å². The molecule has 3 aromatic carbocycles. The van der Waals surface area contributed by atoms with Crippen LogP contribution in [0.5, 0.6) is 5.75 Å². The summed E-state index contributed by atoms with van der Waals surface area (Å²) < 4.78 is 8.63. The molecule has 0 N–H and O–H groups in total. The molecule has 4 aromatic rings. The van der Waals surface area contributed by atoms with Crippen molar-refractivity contribution in [3.63, 3.8) is 0 Å². The van der Waals surface area contributed by atoms with E-state index in [0.29, 0.717) is 5.39 Å². The molecule has 180 valence electrons. The molecule has 1 saturated carbocycles. The molecule has 1 heterocycles. The van der Waals surface area contributed by atoms with Gasteiger partial charge in [0, 0.05) is 16.0 Å². The average molecular weight is 532 g/mol. The number of rotatable bonds is 6. The quantitative estimate of drug-likeness (QED) is 0.243. The Labute approximate surface area is 214 Å². The van der Waals surface area contributed by atoms with Gasteiger partial charge in [-0.15, -0.1) is 0 Å². The van der Waals surface area contributed by atoms with E-state index in [0.717, 1.165) is 70.0 Å². The lowest BCUT2D eigenvalue weighted by molar-refractivity contribution is 0.217. The van der Waals surface area contributed by atoms with Gasteiger partial charge in [0.2, 0.25) is 0 Å². The third-order valence-electron chi connectivity index (χ3n) is 6.94. The summed E-state index contributed by atoms with van der Waals surface area (Å²) in [6.07, 6.45) is 8.34. The molecule has 6 heteroatoms. The summed E-state index contributed by atoms with van der Waals surface area (Å²) in [6.45, 7) is 4.17. The zero-order valence-electron chi connectivity index (χ0n) is 20.2. The number of nitrogens with zero attached hydrogens (tertiary/aromatic N) is 3. The standard InChI is InChI=1S/C29H30BrN3O2/c1-3-19(2)35-27-16-13-20-9-7-8-12-23(20)25(27)18-31-33-28(21-10-5-4-6-11-21)32-26-15-14-22(30)17-24(26)29(33)34/h7-9,12-19,21H,3-6,10-11H2,1-2H3/t19-/m0/s1. The van der Waals surface area contributed by atoms with Crippen LogP contribution in [0, 0.1) is 0 Å². The lowest BCUT2D eigenvalue weighted by Crippen LogP contribution is -2.25. The van der Waals surface area contributed by atoms with E-state index >= 15 is 0 Å². The lowest BCUT2D eigenvalue weighted by Gasteiger charge is -2.23. The first kappa shape index (κ1) is 23.7. The van der Waals surface area contributed by atoms with E-state index in [1.54, 1.807) is 6.21 Å². The van der Waals surface area contributed by atoms with Gasteiger partial charge in [0.25, 0.3) is 5.56 Å². The van der Waals surface area contributed by atoms with Crippen LogP contribution in [0.2, 0.25) is 0 Å². The van der Waals surface area contributed by atoms with Crippen LogP contribution in [0.1, 0.15) is 69.7 Å². The zero-order valence-corrected chi connectivity index (χ0v) is 21.8. The maximum atomic E-state index is 13.7. The van der Waals surface area contributed by atoms with Crippen molar-refractivity contribution in [2.75, 3.05) is 0 Å². The van der Waals surface area contributed by atoms with E-state index in [1.807, 2.05) is 36.4 Å². The summed E-state index contributed by atoms with van der Waals surface area (Å²) in [7, 11) is 0. The van der Waals surface area contributed by atoms with Crippen molar-refractivity contribution >= 4 is 43.8 Å². The van der Waals surface area contributed by atoms with Crippen molar-refractivity contribution < 1.29 is 4.74 Å². The van der Waals surface area contributed by atoms with Crippen molar-refractivity contribution in [2.45, 2.75) is 64.4 Å². The fourth-order valence-electron chi connectivity index (χ4n) is 4.83. The molecule has 1 aliphatic carbocycles. The van der Waals surface area contributed by atoms with Gasteiger partial charge in [-0.3, -0.25) is 4.79 Å². The Morgan fingerprint density at radius 2 is 1.91 bits per heavy atom.